The van der Waals surface area contributed by atoms with Crippen LogP contribution >= 0.6 is 0 Å². The van der Waals surface area contributed by atoms with Gasteiger partial charge in [0.15, 0.2) is 0 Å². The number of allylic oxidation sites excluding steroid dienone is 1. The number of piperidine rings is 1. The van der Waals surface area contributed by atoms with Crippen LogP contribution in [0.2, 0.25) is 0 Å². The highest BCUT2D eigenvalue weighted by Crippen LogP contribution is 2.38. The van der Waals surface area contributed by atoms with Gasteiger partial charge in [-0.2, -0.15) is 5.10 Å². The molecular weight excluding hydrogens is 288 g/mol. The van der Waals surface area contributed by atoms with Crippen molar-refractivity contribution in [2.24, 2.45) is 10.7 Å². The van der Waals surface area contributed by atoms with Crippen molar-refractivity contribution in [2.75, 3.05) is 13.1 Å². The molecule has 3 heterocycles. The number of H-pyrrole nitrogens is 2. The van der Waals surface area contributed by atoms with Crippen LogP contribution in [0.15, 0.2) is 23.5 Å². The van der Waals surface area contributed by atoms with Crippen LogP contribution in [0.5, 0.6) is 0 Å². The largest absolute Gasteiger partial charge is 0.370 e. The third-order valence-electron chi connectivity index (χ3n) is 4.47. The highest BCUT2D eigenvalue weighted by Gasteiger charge is 2.25. The summed E-state index contributed by atoms with van der Waals surface area (Å²) in [6.45, 7) is 9.67. The van der Waals surface area contributed by atoms with Crippen LogP contribution in [0.1, 0.15) is 31.0 Å². The Labute approximate surface area is 136 Å². The number of aliphatic imine (C=N–C) groups is 1. The van der Waals surface area contributed by atoms with Crippen molar-refractivity contribution in [1.82, 2.24) is 20.1 Å². The minimum Gasteiger partial charge on any atom is -0.370 e. The molecule has 0 unspecified atom stereocenters. The Morgan fingerprint density at radius 3 is 2.96 bits per heavy atom. The van der Waals surface area contributed by atoms with Gasteiger partial charge in [0, 0.05) is 53.4 Å². The zero-order chi connectivity index (χ0) is 16.4. The normalized spacial score (nSPS) is 19.2. The van der Waals surface area contributed by atoms with Gasteiger partial charge in [0.1, 0.15) is 5.82 Å². The van der Waals surface area contributed by atoms with Gasteiger partial charge < -0.3 is 15.6 Å². The molecule has 0 spiro atoms. The van der Waals surface area contributed by atoms with Gasteiger partial charge in [-0.25, -0.2) is 4.99 Å². The number of hydrogen-bond donors (Lipinski definition) is 3. The number of aryl methyl sites for hydroxylation is 1. The first-order valence-corrected chi connectivity index (χ1v) is 8.01. The third kappa shape index (κ3) is 2.82. The van der Waals surface area contributed by atoms with Gasteiger partial charge in [0.25, 0.3) is 0 Å². The van der Waals surface area contributed by atoms with Crippen molar-refractivity contribution in [2.45, 2.75) is 32.7 Å². The molecule has 23 heavy (non-hydrogen) atoms. The Kier molecular flexibility index (Phi) is 4.34. The van der Waals surface area contributed by atoms with Crippen LogP contribution < -0.4 is 5.73 Å². The molecule has 0 bridgehead atoms. The summed E-state index contributed by atoms with van der Waals surface area (Å²) >= 11 is 0. The van der Waals surface area contributed by atoms with E-state index in [9.17, 15) is 0 Å². The van der Waals surface area contributed by atoms with Gasteiger partial charge in [0.05, 0.1) is 6.20 Å². The first kappa shape index (κ1) is 15.6. The smallest absolute Gasteiger partial charge is 0.139 e. The Morgan fingerprint density at radius 1 is 1.52 bits per heavy atom. The number of aromatic nitrogens is 3. The van der Waals surface area contributed by atoms with E-state index in [1.807, 2.05) is 19.3 Å². The predicted octanol–water partition coefficient (Wildman–Crippen LogP) is 2.83. The molecule has 1 saturated heterocycles. The van der Waals surface area contributed by atoms with Crippen molar-refractivity contribution < 1.29 is 0 Å². The highest BCUT2D eigenvalue weighted by atomic mass is 15.2. The maximum Gasteiger partial charge on any atom is 0.139 e. The minimum atomic E-state index is 0.219. The number of rotatable bonds is 4. The molecule has 6 nitrogen and oxygen atoms in total. The van der Waals surface area contributed by atoms with Crippen molar-refractivity contribution >= 4 is 18.2 Å². The van der Waals surface area contributed by atoms with Crippen LogP contribution in [-0.2, 0) is 0 Å². The average Bonchev–Trinajstić information content (AvgIpc) is 3.14. The Hall–Kier alpha value is -2.34. The van der Waals surface area contributed by atoms with Crippen LogP contribution in [-0.4, -0.2) is 45.9 Å². The number of hydrogen-bond acceptors (Lipinski definition) is 4. The zero-order valence-corrected chi connectivity index (χ0v) is 13.8. The quantitative estimate of drug-likeness (QED) is 0.759. The first-order chi connectivity index (χ1) is 11.2. The molecule has 1 atom stereocenters. The summed E-state index contributed by atoms with van der Waals surface area (Å²) in [5.41, 5.74) is 11.6. The first-order valence-electron chi connectivity index (χ1n) is 8.01. The SMILES string of the molecule is C=Nc1[nH]cc(-c2cn[nH]c2C)c1/C(=C\C)N1CCC[C@H](N)C1. The molecule has 4 N–H and O–H groups in total. The molecule has 0 aliphatic carbocycles. The van der Waals surface area contributed by atoms with Crippen molar-refractivity contribution in [3.8, 4) is 11.1 Å². The number of nitrogens with one attached hydrogen (secondary N) is 2. The summed E-state index contributed by atoms with van der Waals surface area (Å²) < 4.78 is 0. The molecule has 0 amide bonds. The lowest BCUT2D eigenvalue weighted by molar-refractivity contribution is 0.295. The lowest BCUT2D eigenvalue weighted by Crippen LogP contribution is -2.41. The summed E-state index contributed by atoms with van der Waals surface area (Å²) in [5, 5.41) is 7.15. The lowest BCUT2D eigenvalue weighted by atomic mass is 9.99. The summed E-state index contributed by atoms with van der Waals surface area (Å²) in [6, 6.07) is 0.219. The van der Waals surface area contributed by atoms with Gasteiger partial charge in [-0.3, -0.25) is 5.10 Å². The topological polar surface area (TPSA) is 86.1 Å². The van der Waals surface area contributed by atoms with Crippen molar-refractivity contribution in [1.29, 1.82) is 0 Å². The lowest BCUT2D eigenvalue weighted by Gasteiger charge is -2.34. The van der Waals surface area contributed by atoms with E-state index in [2.05, 4.69) is 44.8 Å². The molecule has 122 valence electrons. The fourth-order valence-electron chi connectivity index (χ4n) is 3.34. The van der Waals surface area contributed by atoms with E-state index in [0.29, 0.717) is 0 Å². The third-order valence-corrected chi connectivity index (χ3v) is 4.47. The molecule has 0 saturated carbocycles. The second kappa shape index (κ2) is 6.42. The van der Waals surface area contributed by atoms with E-state index in [0.717, 1.165) is 59.8 Å². The van der Waals surface area contributed by atoms with E-state index in [1.165, 1.54) is 0 Å². The summed E-state index contributed by atoms with van der Waals surface area (Å²) in [6.07, 6.45) is 8.16. The molecule has 2 aromatic heterocycles. The minimum absolute atomic E-state index is 0.219. The summed E-state index contributed by atoms with van der Waals surface area (Å²) in [4.78, 5) is 9.77. The Bertz CT molecular complexity index is 723. The second-order valence-corrected chi connectivity index (χ2v) is 6.01. The summed E-state index contributed by atoms with van der Waals surface area (Å²) in [7, 11) is 0. The van der Waals surface area contributed by atoms with Gasteiger partial charge >= 0.3 is 0 Å². The molecule has 2 aromatic rings. The molecular formula is C17H24N6. The van der Waals surface area contributed by atoms with Crippen LogP contribution in [0.25, 0.3) is 16.8 Å². The van der Waals surface area contributed by atoms with E-state index < -0.39 is 0 Å². The average molecular weight is 312 g/mol. The Morgan fingerprint density at radius 2 is 2.35 bits per heavy atom. The van der Waals surface area contributed by atoms with E-state index in [4.69, 9.17) is 5.73 Å². The molecule has 0 radical (unpaired) electrons. The van der Waals surface area contributed by atoms with Crippen LogP contribution in [0.4, 0.5) is 5.82 Å². The number of likely N-dealkylation sites (tertiary alicyclic amines) is 1. The van der Waals surface area contributed by atoms with Gasteiger partial charge in [-0.15, -0.1) is 0 Å². The van der Waals surface area contributed by atoms with Gasteiger partial charge in [-0.1, -0.05) is 6.08 Å². The molecule has 3 rings (SSSR count). The fourth-order valence-corrected chi connectivity index (χ4v) is 3.34. The second-order valence-electron chi connectivity index (χ2n) is 6.01. The molecule has 1 aliphatic heterocycles. The maximum atomic E-state index is 6.17. The van der Waals surface area contributed by atoms with E-state index in [1.54, 1.807) is 0 Å². The molecule has 0 aromatic carbocycles. The molecule has 1 aliphatic rings. The standard InChI is InChI=1S/C17H24N6/c1-4-15(23-7-5-6-12(18)10-23)16-14(8-20-17(16)19-3)13-9-21-22-11(13)2/h4,8-9,12,20H,3,5-7,10,18H2,1-2H3,(H,21,22)/b15-4+/t12-/m0/s1. The monoisotopic (exact) mass is 312 g/mol. The fraction of sp³-hybridized carbons (Fsp3) is 0.412. The molecule has 6 heteroatoms. The van der Waals surface area contributed by atoms with E-state index >= 15 is 0 Å². The van der Waals surface area contributed by atoms with Crippen LogP contribution in [0.3, 0.4) is 0 Å². The van der Waals surface area contributed by atoms with Crippen LogP contribution in [0, 0.1) is 6.92 Å². The van der Waals surface area contributed by atoms with Gasteiger partial charge in [-0.05, 0) is 33.4 Å². The molecule has 1 fully saturated rings. The highest BCUT2D eigenvalue weighted by molar-refractivity contribution is 5.87. The van der Waals surface area contributed by atoms with Gasteiger partial charge in [0.2, 0.25) is 0 Å². The summed E-state index contributed by atoms with van der Waals surface area (Å²) in [5.74, 6) is 0.785. The predicted molar refractivity (Wildman–Crippen MR) is 94.8 cm³/mol. The maximum absolute atomic E-state index is 6.17. The van der Waals surface area contributed by atoms with Crippen molar-refractivity contribution in [3.63, 3.8) is 0 Å². The zero-order valence-electron chi connectivity index (χ0n) is 13.8. The van der Waals surface area contributed by atoms with E-state index in [-0.39, 0.29) is 6.04 Å². The number of nitrogens with two attached hydrogens (primary N) is 1. The van der Waals surface area contributed by atoms with Crippen molar-refractivity contribution in [3.05, 3.63) is 29.7 Å². The Balaban J connectivity index is 2.08. The number of nitrogens with zero attached hydrogens (tertiary/aromatic N) is 3. The number of aromatic amines is 2.